The highest BCUT2D eigenvalue weighted by atomic mass is 16.5. The Kier molecular flexibility index (Phi) is 3.13. The molecule has 0 spiro atoms. The van der Waals surface area contributed by atoms with Gasteiger partial charge in [-0.3, -0.25) is 9.59 Å². The van der Waals surface area contributed by atoms with Gasteiger partial charge in [-0.05, 0) is 30.7 Å². The summed E-state index contributed by atoms with van der Waals surface area (Å²) < 4.78 is 10.4. The molecule has 5 heteroatoms. The number of aromatic hydroxyl groups is 1. The van der Waals surface area contributed by atoms with E-state index in [-0.39, 0.29) is 45.3 Å². The van der Waals surface area contributed by atoms with Crippen molar-refractivity contribution in [2.45, 2.75) is 6.92 Å². The second-order valence-corrected chi connectivity index (χ2v) is 5.04. The minimum atomic E-state index is -0.365. The van der Waals surface area contributed by atoms with E-state index in [4.69, 9.17) is 9.47 Å². The van der Waals surface area contributed by atoms with Crippen LogP contribution in [0.25, 0.3) is 0 Å². The molecule has 0 unspecified atom stereocenters. The van der Waals surface area contributed by atoms with E-state index < -0.39 is 0 Å². The molecule has 0 aliphatic heterocycles. The number of carbonyl (C=O) groups excluding carboxylic acids is 2. The number of methoxy groups -OCH3 is 2. The molecule has 0 saturated heterocycles. The molecule has 2 aromatic carbocycles. The first kappa shape index (κ1) is 14.1. The smallest absolute Gasteiger partial charge is 0.198 e. The van der Waals surface area contributed by atoms with Crippen LogP contribution in [-0.4, -0.2) is 30.9 Å². The maximum absolute atomic E-state index is 12.8. The number of hydrogen-bond donors (Lipinski definition) is 1. The first-order valence-corrected chi connectivity index (χ1v) is 6.68. The molecule has 0 fully saturated rings. The zero-order valence-corrected chi connectivity index (χ0v) is 12.4. The van der Waals surface area contributed by atoms with Gasteiger partial charge in [-0.1, -0.05) is 6.07 Å². The van der Waals surface area contributed by atoms with Crippen molar-refractivity contribution in [3.63, 3.8) is 0 Å². The molecule has 22 heavy (non-hydrogen) atoms. The second-order valence-electron chi connectivity index (χ2n) is 5.04. The van der Waals surface area contributed by atoms with E-state index in [1.165, 1.54) is 26.4 Å². The fourth-order valence-electron chi connectivity index (χ4n) is 2.83. The first-order valence-electron chi connectivity index (χ1n) is 6.68. The minimum Gasteiger partial charge on any atom is -0.504 e. The molecule has 0 heterocycles. The van der Waals surface area contributed by atoms with Crippen LogP contribution in [-0.2, 0) is 0 Å². The monoisotopic (exact) mass is 298 g/mol. The SMILES string of the molecule is COc1c(C)ccc2c1C(=O)c1ccc(O)c(OC)c1C2=O. The number of aryl methyl sites for hydroxylation is 1. The normalized spacial score (nSPS) is 12.7. The molecule has 5 nitrogen and oxygen atoms in total. The predicted molar refractivity (Wildman–Crippen MR) is 79.3 cm³/mol. The molecule has 112 valence electrons. The zero-order valence-electron chi connectivity index (χ0n) is 12.4. The second kappa shape index (κ2) is 4.87. The Hall–Kier alpha value is -2.82. The lowest BCUT2D eigenvalue weighted by Crippen LogP contribution is -2.23. The van der Waals surface area contributed by atoms with E-state index in [1.807, 2.05) is 6.92 Å². The molecule has 3 rings (SSSR count). The molecular formula is C17H14O5. The van der Waals surface area contributed by atoms with Crippen LogP contribution in [0.3, 0.4) is 0 Å². The number of ether oxygens (including phenoxy) is 2. The molecule has 0 aromatic heterocycles. The lowest BCUT2D eigenvalue weighted by molar-refractivity contribution is 0.0973. The standard InChI is InChI=1S/C17H14O5/c1-8-4-5-9-12(16(8)21-2)14(19)10-6-7-11(18)17(22-3)13(10)15(9)20/h4-7,18H,1-3H3. The van der Waals surface area contributed by atoms with Gasteiger partial charge < -0.3 is 14.6 Å². The summed E-state index contributed by atoms with van der Waals surface area (Å²) in [6.07, 6.45) is 0. The van der Waals surface area contributed by atoms with Crippen LogP contribution in [0.1, 0.15) is 37.4 Å². The fourth-order valence-corrected chi connectivity index (χ4v) is 2.83. The number of rotatable bonds is 2. The summed E-state index contributed by atoms with van der Waals surface area (Å²) in [4.78, 5) is 25.6. The van der Waals surface area contributed by atoms with E-state index in [1.54, 1.807) is 12.1 Å². The first-order chi connectivity index (χ1) is 10.5. The van der Waals surface area contributed by atoms with Gasteiger partial charge >= 0.3 is 0 Å². The van der Waals surface area contributed by atoms with E-state index in [2.05, 4.69) is 0 Å². The number of carbonyl (C=O) groups is 2. The highest BCUT2D eigenvalue weighted by Crippen LogP contribution is 2.41. The molecule has 1 aliphatic rings. The summed E-state index contributed by atoms with van der Waals surface area (Å²) >= 11 is 0. The summed E-state index contributed by atoms with van der Waals surface area (Å²) in [5, 5.41) is 9.85. The number of ketones is 2. The van der Waals surface area contributed by atoms with Crippen LogP contribution in [0.2, 0.25) is 0 Å². The number of fused-ring (bicyclic) bond motifs is 2. The van der Waals surface area contributed by atoms with Gasteiger partial charge in [0.05, 0.1) is 25.3 Å². The van der Waals surface area contributed by atoms with Crippen molar-refractivity contribution in [2.75, 3.05) is 14.2 Å². The van der Waals surface area contributed by atoms with Gasteiger partial charge in [-0.25, -0.2) is 0 Å². The van der Waals surface area contributed by atoms with Gasteiger partial charge in [0.2, 0.25) is 0 Å². The Labute approximate surface area is 127 Å². The molecule has 2 aromatic rings. The van der Waals surface area contributed by atoms with Gasteiger partial charge in [0, 0.05) is 11.1 Å². The number of phenolic OH excluding ortho intramolecular Hbond substituents is 1. The van der Waals surface area contributed by atoms with Crippen LogP contribution >= 0.6 is 0 Å². The molecule has 0 saturated carbocycles. The van der Waals surface area contributed by atoms with E-state index >= 15 is 0 Å². The van der Waals surface area contributed by atoms with Gasteiger partial charge in [0.1, 0.15) is 5.75 Å². The van der Waals surface area contributed by atoms with Crippen LogP contribution < -0.4 is 9.47 Å². The summed E-state index contributed by atoms with van der Waals surface area (Å²) in [6.45, 7) is 1.81. The number of hydrogen-bond acceptors (Lipinski definition) is 5. The van der Waals surface area contributed by atoms with Gasteiger partial charge in [0.15, 0.2) is 23.1 Å². The molecule has 0 atom stereocenters. The highest BCUT2D eigenvalue weighted by Gasteiger charge is 2.36. The Bertz CT molecular complexity index is 751. The van der Waals surface area contributed by atoms with Crippen molar-refractivity contribution in [1.29, 1.82) is 0 Å². The van der Waals surface area contributed by atoms with Gasteiger partial charge in [0.25, 0.3) is 0 Å². The average molecular weight is 298 g/mol. The van der Waals surface area contributed by atoms with Crippen molar-refractivity contribution >= 4 is 11.6 Å². The maximum Gasteiger partial charge on any atom is 0.198 e. The van der Waals surface area contributed by atoms with Crippen molar-refractivity contribution < 1.29 is 24.2 Å². The third-order valence-corrected chi connectivity index (χ3v) is 3.84. The molecule has 0 amide bonds. The third kappa shape index (κ3) is 1.72. The van der Waals surface area contributed by atoms with E-state index in [9.17, 15) is 14.7 Å². The number of phenols is 1. The van der Waals surface area contributed by atoms with Crippen LogP contribution in [0.5, 0.6) is 17.2 Å². The molecule has 1 aliphatic carbocycles. The van der Waals surface area contributed by atoms with Crippen molar-refractivity contribution in [1.82, 2.24) is 0 Å². The predicted octanol–water partition coefficient (Wildman–Crippen LogP) is 2.49. The maximum atomic E-state index is 12.8. The van der Waals surface area contributed by atoms with E-state index in [0.717, 1.165) is 5.56 Å². The Morgan fingerprint density at radius 2 is 1.32 bits per heavy atom. The molecular weight excluding hydrogens is 284 g/mol. The van der Waals surface area contributed by atoms with Crippen molar-refractivity contribution in [3.05, 3.63) is 52.1 Å². The van der Waals surface area contributed by atoms with Crippen LogP contribution in [0, 0.1) is 6.92 Å². The van der Waals surface area contributed by atoms with Gasteiger partial charge in [-0.2, -0.15) is 0 Å². The van der Waals surface area contributed by atoms with Crippen LogP contribution in [0.4, 0.5) is 0 Å². The quantitative estimate of drug-likeness (QED) is 0.787. The number of benzene rings is 2. The Morgan fingerprint density at radius 1 is 0.818 bits per heavy atom. The van der Waals surface area contributed by atoms with Crippen molar-refractivity contribution in [2.24, 2.45) is 0 Å². The minimum absolute atomic E-state index is 0.0149. The fraction of sp³-hybridized carbons (Fsp3) is 0.176. The summed E-state index contributed by atoms with van der Waals surface area (Å²) in [7, 11) is 2.81. The Balaban J connectivity index is 2.37. The molecule has 1 N–H and O–H groups in total. The van der Waals surface area contributed by atoms with Gasteiger partial charge in [-0.15, -0.1) is 0 Å². The lowest BCUT2D eigenvalue weighted by atomic mass is 9.82. The largest absolute Gasteiger partial charge is 0.504 e. The summed E-state index contributed by atoms with van der Waals surface area (Å²) in [5.41, 5.74) is 1.58. The summed E-state index contributed by atoms with van der Waals surface area (Å²) in [5.74, 6) is -0.446. The topological polar surface area (TPSA) is 72.8 Å². The highest BCUT2D eigenvalue weighted by molar-refractivity contribution is 6.30. The average Bonchev–Trinajstić information content (AvgIpc) is 2.51. The zero-order chi connectivity index (χ0) is 16.0. The third-order valence-electron chi connectivity index (χ3n) is 3.84. The molecule has 0 radical (unpaired) electrons. The lowest BCUT2D eigenvalue weighted by Gasteiger charge is -2.22. The summed E-state index contributed by atoms with van der Waals surface area (Å²) in [6, 6.07) is 6.09. The van der Waals surface area contributed by atoms with Crippen molar-refractivity contribution in [3.8, 4) is 17.2 Å². The van der Waals surface area contributed by atoms with Crippen LogP contribution in [0.15, 0.2) is 24.3 Å². The molecule has 0 bridgehead atoms. The van der Waals surface area contributed by atoms with E-state index in [0.29, 0.717) is 5.75 Å². The Morgan fingerprint density at radius 3 is 1.86 bits per heavy atom.